The van der Waals surface area contributed by atoms with Gasteiger partial charge in [0.15, 0.2) is 5.82 Å². The van der Waals surface area contributed by atoms with E-state index in [9.17, 15) is 0 Å². The molecule has 0 spiro atoms. The second kappa shape index (κ2) is 9.50. The molecule has 4 heterocycles. The van der Waals surface area contributed by atoms with E-state index >= 15 is 0 Å². The quantitative estimate of drug-likeness (QED) is 0.199. The summed E-state index contributed by atoms with van der Waals surface area (Å²) in [5, 5.41) is 8.68. The molecular formula is C44H26N4. The Kier molecular flexibility index (Phi) is 5.08. The van der Waals surface area contributed by atoms with Gasteiger partial charge >= 0.3 is 0 Å². The molecule has 0 radical (unpaired) electrons. The highest BCUT2D eigenvalue weighted by atomic mass is 15.0. The minimum Gasteiger partial charge on any atom is -0.309 e. The monoisotopic (exact) mass is 610 g/mol. The molecule has 0 N–H and O–H groups in total. The Balaban J connectivity index is 1.23. The number of hydrogen-bond acceptors (Lipinski definition) is 2. The number of aromatic nitrogens is 4. The first kappa shape index (κ1) is 25.6. The van der Waals surface area contributed by atoms with E-state index in [4.69, 9.17) is 9.97 Å². The highest BCUT2D eigenvalue weighted by Gasteiger charge is 2.22. The summed E-state index contributed by atoms with van der Waals surface area (Å²) in [6, 6.07) is 56.4. The van der Waals surface area contributed by atoms with E-state index < -0.39 is 0 Å². The van der Waals surface area contributed by atoms with E-state index in [1.807, 2.05) is 12.1 Å². The van der Waals surface area contributed by atoms with Gasteiger partial charge in [0.25, 0.3) is 0 Å². The number of benzene rings is 7. The largest absolute Gasteiger partial charge is 0.309 e. The first-order chi connectivity index (χ1) is 23.8. The standard InChI is InChI=1S/C44H26N4/c1-2-12-27(13-3-1)42-34-17-4-6-21-35(34)45-44(46-42)28-14-8-15-29(26-28)47-37-23-10-18-31-33-20-9-19-32-30-16-5-7-22-36(30)48(43(32)33)39-25-11-24-38(47)41(39)40(31)37/h1-26H. The molecule has 11 rings (SSSR count). The predicted octanol–water partition coefficient (Wildman–Crippen LogP) is 11.2. The van der Waals surface area contributed by atoms with Crippen molar-refractivity contribution in [1.29, 1.82) is 0 Å². The normalized spacial score (nSPS) is 12.2. The maximum Gasteiger partial charge on any atom is 0.160 e. The van der Waals surface area contributed by atoms with Crippen molar-refractivity contribution in [2.45, 2.75) is 0 Å². The number of hydrogen-bond donors (Lipinski definition) is 0. The zero-order valence-corrected chi connectivity index (χ0v) is 25.8. The van der Waals surface area contributed by atoms with E-state index in [1.54, 1.807) is 0 Å². The fourth-order valence-electron chi connectivity index (χ4n) is 8.07. The summed E-state index contributed by atoms with van der Waals surface area (Å²) in [5.74, 6) is 0.716. The van der Waals surface area contributed by atoms with Gasteiger partial charge in [0.05, 0.1) is 38.8 Å². The van der Waals surface area contributed by atoms with Crippen LogP contribution in [0.1, 0.15) is 0 Å². The number of rotatable bonds is 3. The van der Waals surface area contributed by atoms with Gasteiger partial charge in [-0.1, -0.05) is 115 Å². The molecule has 0 atom stereocenters. The van der Waals surface area contributed by atoms with Crippen molar-refractivity contribution in [2.75, 3.05) is 0 Å². The van der Waals surface area contributed by atoms with Crippen molar-refractivity contribution in [3.05, 3.63) is 158 Å². The van der Waals surface area contributed by atoms with Crippen molar-refractivity contribution >= 4 is 70.8 Å². The highest BCUT2D eigenvalue weighted by Crippen LogP contribution is 2.44. The summed E-state index contributed by atoms with van der Waals surface area (Å²) in [6.07, 6.45) is 0. The van der Waals surface area contributed by atoms with Crippen LogP contribution in [0.5, 0.6) is 0 Å². The summed E-state index contributed by atoms with van der Waals surface area (Å²) in [5.41, 5.74) is 11.1. The molecule has 0 saturated carbocycles. The number of para-hydroxylation sites is 3. The second-order valence-corrected chi connectivity index (χ2v) is 12.6. The molecule has 0 amide bonds. The molecule has 7 aromatic carbocycles. The van der Waals surface area contributed by atoms with Gasteiger partial charge in [-0.15, -0.1) is 0 Å². The van der Waals surface area contributed by atoms with E-state index in [0.29, 0.717) is 5.82 Å². The first-order valence-electron chi connectivity index (χ1n) is 16.4. The van der Waals surface area contributed by atoms with Crippen LogP contribution in [-0.2, 0) is 0 Å². The fourth-order valence-corrected chi connectivity index (χ4v) is 8.07. The second-order valence-electron chi connectivity index (χ2n) is 12.6. The topological polar surface area (TPSA) is 35.1 Å². The van der Waals surface area contributed by atoms with Crippen LogP contribution >= 0.6 is 0 Å². The van der Waals surface area contributed by atoms with Crippen LogP contribution in [0.25, 0.3) is 99.1 Å². The third kappa shape index (κ3) is 3.38. The summed E-state index contributed by atoms with van der Waals surface area (Å²) in [4.78, 5) is 10.3. The van der Waals surface area contributed by atoms with Crippen LogP contribution in [0.3, 0.4) is 0 Å². The molecule has 0 saturated heterocycles. The molecule has 0 aliphatic rings. The SMILES string of the molecule is c1ccc(-c2nc(-c3cccc(-n4c5cccc6c7cccc8c9ccccc9n(c9cccc4c9c65)c78)c3)nc3ccccc23)cc1. The minimum absolute atomic E-state index is 0.716. The molecule has 11 aromatic rings. The molecule has 0 aliphatic heterocycles. The van der Waals surface area contributed by atoms with Gasteiger partial charge in [0, 0.05) is 49.1 Å². The van der Waals surface area contributed by atoms with Gasteiger partial charge in [0.2, 0.25) is 0 Å². The van der Waals surface area contributed by atoms with Crippen LogP contribution in [0, 0.1) is 0 Å². The Hall–Kier alpha value is -6.52. The van der Waals surface area contributed by atoms with Crippen molar-refractivity contribution in [3.8, 4) is 28.3 Å². The highest BCUT2D eigenvalue weighted by molar-refractivity contribution is 6.31. The maximum atomic E-state index is 5.19. The van der Waals surface area contributed by atoms with Gasteiger partial charge in [-0.3, -0.25) is 0 Å². The van der Waals surface area contributed by atoms with Crippen molar-refractivity contribution in [2.24, 2.45) is 0 Å². The molecule has 0 bridgehead atoms. The summed E-state index contributed by atoms with van der Waals surface area (Å²) in [7, 11) is 0. The zero-order chi connectivity index (χ0) is 31.3. The van der Waals surface area contributed by atoms with Crippen LogP contribution < -0.4 is 0 Å². The Bertz CT molecular complexity index is 3060. The molecule has 0 aliphatic carbocycles. The van der Waals surface area contributed by atoms with Gasteiger partial charge < -0.3 is 8.97 Å². The summed E-state index contributed by atoms with van der Waals surface area (Å²) in [6.45, 7) is 0. The lowest BCUT2D eigenvalue weighted by atomic mass is 10.0. The average Bonchev–Trinajstić information content (AvgIpc) is 3.64. The molecule has 0 fully saturated rings. The minimum atomic E-state index is 0.716. The maximum absolute atomic E-state index is 5.19. The van der Waals surface area contributed by atoms with E-state index in [2.05, 4.69) is 155 Å². The summed E-state index contributed by atoms with van der Waals surface area (Å²) >= 11 is 0. The number of nitrogens with zero attached hydrogens (tertiary/aromatic N) is 4. The lowest BCUT2D eigenvalue weighted by Crippen LogP contribution is -1.98. The van der Waals surface area contributed by atoms with Crippen LogP contribution in [-0.4, -0.2) is 18.9 Å². The zero-order valence-electron chi connectivity index (χ0n) is 25.8. The molecular weight excluding hydrogens is 585 g/mol. The molecule has 0 unspecified atom stereocenters. The third-order valence-corrected chi connectivity index (χ3v) is 10.0. The predicted molar refractivity (Wildman–Crippen MR) is 199 cm³/mol. The third-order valence-electron chi connectivity index (χ3n) is 10.0. The van der Waals surface area contributed by atoms with E-state index in [1.165, 1.54) is 59.9 Å². The smallest absolute Gasteiger partial charge is 0.160 e. The van der Waals surface area contributed by atoms with Crippen LogP contribution in [0.2, 0.25) is 0 Å². The van der Waals surface area contributed by atoms with Crippen LogP contribution in [0.15, 0.2) is 158 Å². The lowest BCUT2D eigenvalue weighted by Gasteiger charge is -2.12. The van der Waals surface area contributed by atoms with Crippen molar-refractivity contribution in [1.82, 2.24) is 18.9 Å². The van der Waals surface area contributed by atoms with E-state index in [-0.39, 0.29) is 0 Å². The average molecular weight is 611 g/mol. The Morgan fingerprint density at radius 1 is 0.396 bits per heavy atom. The lowest BCUT2D eigenvalue weighted by molar-refractivity contribution is 1.17. The van der Waals surface area contributed by atoms with Crippen molar-refractivity contribution in [3.63, 3.8) is 0 Å². The van der Waals surface area contributed by atoms with E-state index in [0.717, 1.165) is 33.4 Å². The number of fused-ring (bicyclic) bond motifs is 6. The molecule has 222 valence electrons. The van der Waals surface area contributed by atoms with Crippen LogP contribution in [0.4, 0.5) is 0 Å². The molecule has 48 heavy (non-hydrogen) atoms. The van der Waals surface area contributed by atoms with Gasteiger partial charge in [-0.05, 0) is 47.9 Å². The Labute approximate surface area is 275 Å². The Morgan fingerprint density at radius 3 is 1.90 bits per heavy atom. The van der Waals surface area contributed by atoms with Gasteiger partial charge in [-0.25, -0.2) is 9.97 Å². The molecule has 4 heteroatoms. The van der Waals surface area contributed by atoms with Crippen molar-refractivity contribution < 1.29 is 0 Å². The van der Waals surface area contributed by atoms with Gasteiger partial charge in [0.1, 0.15) is 0 Å². The molecule has 4 nitrogen and oxygen atoms in total. The Morgan fingerprint density at radius 2 is 1.00 bits per heavy atom. The molecule has 4 aromatic heterocycles. The van der Waals surface area contributed by atoms with Gasteiger partial charge in [-0.2, -0.15) is 0 Å². The fraction of sp³-hybridized carbons (Fsp3) is 0. The summed E-state index contributed by atoms with van der Waals surface area (Å²) < 4.78 is 4.90. The first-order valence-corrected chi connectivity index (χ1v) is 16.4.